The van der Waals surface area contributed by atoms with Crippen molar-refractivity contribution in [2.75, 3.05) is 12.3 Å². The second-order valence-corrected chi connectivity index (χ2v) is 7.81. The molecular formula is C14H20F2N2O2S. The fourth-order valence-electron chi connectivity index (χ4n) is 2.88. The summed E-state index contributed by atoms with van der Waals surface area (Å²) in [6, 6.07) is 1.49. The molecule has 1 aliphatic heterocycles. The topological polar surface area (TPSA) is 63.4 Å². The predicted molar refractivity (Wildman–Crippen MR) is 77.1 cm³/mol. The first-order valence-electron chi connectivity index (χ1n) is 6.91. The zero-order valence-corrected chi connectivity index (χ0v) is 13.1. The van der Waals surface area contributed by atoms with Gasteiger partial charge in [-0.25, -0.2) is 17.2 Å². The molecule has 0 aliphatic carbocycles. The Labute approximate surface area is 124 Å². The highest BCUT2D eigenvalue weighted by Crippen LogP contribution is 2.33. The quantitative estimate of drug-likeness (QED) is 0.853. The van der Waals surface area contributed by atoms with Crippen molar-refractivity contribution in [2.24, 2.45) is 11.8 Å². The van der Waals surface area contributed by atoms with Gasteiger partial charge in [0, 0.05) is 18.3 Å². The molecule has 4 nitrogen and oxygen atoms in total. The first kappa shape index (κ1) is 16.2. The van der Waals surface area contributed by atoms with Crippen LogP contribution in [-0.4, -0.2) is 25.3 Å². The van der Waals surface area contributed by atoms with E-state index in [0.717, 1.165) is 18.6 Å². The van der Waals surface area contributed by atoms with E-state index in [2.05, 4.69) is 0 Å². The molecule has 0 amide bonds. The van der Waals surface area contributed by atoms with E-state index in [9.17, 15) is 17.2 Å². The normalized spacial score (nSPS) is 27.8. The van der Waals surface area contributed by atoms with Gasteiger partial charge in [-0.2, -0.15) is 4.31 Å². The van der Waals surface area contributed by atoms with Crippen LogP contribution in [0.5, 0.6) is 0 Å². The molecule has 7 heteroatoms. The van der Waals surface area contributed by atoms with E-state index >= 15 is 0 Å². The molecule has 0 aromatic heterocycles. The molecule has 1 heterocycles. The molecule has 3 unspecified atom stereocenters. The highest BCUT2D eigenvalue weighted by atomic mass is 32.2. The maximum atomic E-state index is 13.9. The molecule has 2 N–H and O–H groups in total. The monoisotopic (exact) mass is 318 g/mol. The number of sulfonamides is 1. The van der Waals surface area contributed by atoms with Gasteiger partial charge in [0.15, 0.2) is 11.6 Å². The summed E-state index contributed by atoms with van der Waals surface area (Å²) in [5.41, 5.74) is 5.34. The molecule has 2 rings (SSSR count). The van der Waals surface area contributed by atoms with Crippen LogP contribution >= 0.6 is 0 Å². The third-order valence-corrected chi connectivity index (χ3v) is 6.10. The Hall–Kier alpha value is -1.21. The first-order chi connectivity index (χ1) is 9.64. The zero-order chi connectivity index (χ0) is 15.9. The largest absolute Gasteiger partial charge is 0.399 e. The zero-order valence-electron chi connectivity index (χ0n) is 12.3. The molecule has 0 saturated carbocycles. The SMILES string of the molecule is CC1CC(C)C(C)N(S(=O)(=O)c2cc(N)cc(F)c2F)C1. The van der Waals surface area contributed by atoms with E-state index in [1.165, 1.54) is 4.31 Å². The lowest BCUT2D eigenvalue weighted by atomic mass is 9.88. The lowest BCUT2D eigenvalue weighted by molar-refractivity contribution is 0.157. The Kier molecular flexibility index (Phi) is 4.26. The van der Waals surface area contributed by atoms with Crippen LogP contribution in [0.15, 0.2) is 17.0 Å². The Bertz CT molecular complexity index is 649. The van der Waals surface area contributed by atoms with Gasteiger partial charge in [0.1, 0.15) is 4.90 Å². The maximum absolute atomic E-state index is 13.9. The van der Waals surface area contributed by atoms with Gasteiger partial charge >= 0.3 is 0 Å². The van der Waals surface area contributed by atoms with Crippen LogP contribution in [0.2, 0.25) is 0 Å². The third kappa shape index (κ3) is 2.89. The summed E-state index contributed by atoms with van der Waals surface area (Å²) in [4.78, 5) is -0.687. The van der Waals surface area contributed by atoms with Gasteiger partial charge in [-0.1, -0.05) is 13.8 Å². The van der Waals surface area contributed by atoms with E-state index in [1.54, 1.807) is 6.92 Å². The Balaban J connectivity index is 2.51. The van der Waals surface area contributed by atoms with Crippen molar-refractivity contribution in [1.82, 2.24) is 4.31 Å². The summed E-state index contributed by atoms with van der Waals surface area (Å²) < 4.78 is 54.0. The molecule has 0 radical (unpaired) electrons. The van der Waals surface area contributed by atoms with Gasteiger partial charge in [-0.05, 0) is 37.3 Å². The molecule has 1 aromatic rings. The van der Waals surface area contributed by atoms with Crippen LogP contribution in [0.3, 0.4) is 0 Å². The summed E-state index contributed by atoms with van der Waals surface area (Å²) in [6.45, 7) is 5.98. The number of anilines is 1. The minimum Gasteiger partial charge on any atom is -0.399 e. The van der Waals surface area contributed by atoms with Crippen LogP contribution in [0, 0.1) is 23.5 Å². The number of nitrogens with two attached hydrogens (primary N) is 1. The number of rotatable bonds is 2. The van der Waals surface area contributed by atoms with Gasteiger partial charge < -0.3 is 5.73 Å². The van der Waals surface area contributed by atoms with Crippen molar-refractivity contribution < 1.29 is 17.2 Å². The van der Waals surface area contributed by atoms with Crippen LogP contribution in [0.4, 0.5) is 14.5 Å². The predicted octanol–water partition coefficient (Wildman–Crippen LogP) is 2.60. The van der Waals surface area contributed by atoms with Gasteiger partial charge in [0.05, 0.1) is 0 Å². The smallest absolute Gasteiger partial charge is 0.246 e. The molecule has 1 fully saturated rings. The van der Waals surface area contributed by atoms with Crippen LogP contribution < -0.4 is 5.73 Å². The summed E-state index contributed by atoms with van der Waals surface area (Å²) in [7, 11) is -4.11. The molecule has 21 heavy (non-hydrogen) atoms. The van der Waals surface area contributed by atoms with E-state index in [4.69, 9.17) is 5.73 Å². The van der Waals surface area contributed by atoms with Crippen molar-refractivity contribution in [1.29, 1.82) is 0 Å². The molecule has 1 aromatic carbocycles. The van der Waals surface area contributed by atoms with Crippen molar-refractivity contribution >= 4 is 15.7 Å². The number of hydrogen-bond acceptors (Lipinski definition) is 3. The summed E-state index contributed by atoms with van der Waals surface area (Å²) >= 11 is 0. The molecule has 0 spiro atoms. The van der Waals surface area contributed by atoms with E-state index in [0.29, 0.717) is 6.54 Å². The molecule has 1 saturated heterocycles. The molecule has 1 aliphatic rings. The van der Waals surface area contributed by atoms with E-state index in [-0.39, 0.29) is 23.6 Å². The fraction of sp³-hybridized carbons (Fsp3) is 0.571. The molecular weight excluding hydrogens is 298 g/mol. The number of hydrogen-bond donors (Lipinski definition) is 1. The van der Waals surface area contributed by atoms with Crippen LogP contribution in [-0.2, 0) is 10.0 Å². The minimum absolute atomic E-state index is 0.113. The minimum atomic E-state index is -4.11. The van der Waals surface area contributed by atoms with Crippen molar-refractivity contribution in [3.8, 4) is 0 Å². The van der Waals surface area contributed by atoms with E-state index in [1.807, 2.05) is 13.8 Å². The van der Waals surface area contributed by atoms with Gasteiger partial charge in [-0.15, -0.1) is 0 Å². The standard InChI is InChI=1S/C14H20F2N2O2S/c1-8-4-9(2)10(3)18(7-8)21(19,20)13-6-11(17)5-12(15)14(13)16/h5-6,8-10H,4,7,17H2,1-3H3. The lowest BCUT2D eigenvalue weighted by Gasteiger charge is -2.40. The highest BCUT2D eigenvalue weighted by Gasteiger charge is 2.39. The number of halogens is 2. The van der Waals surface area contributed by atoms with Crippen LogP contribution in [0.1, 0.15) is 27.2 Å². The fourth-order valence-corrected chi connectivity index (χ4v) is 4.84. The Morgan fingerprint density at radius 1 is 1.24 bits per heavy atom. The summed E-state index contributed by atoms with van der Waals surface area (Å²) in [6.07, 6.45) is 0.904. The number of nitrogens with zero attached hydrogens (tertiary/aromatic N) is 1. The van der Waals surface area contributed by atoms with Gasteiger partial charge in [-0.3, -0.25) is 0 Å². The lowest BCUT2D eigenvalue weighted by Crippen LogP contribution is -2.48. The highest BCUT2D eigenvalue weighted by molar-refractivity contribution is 7.89. The summed E-state index contributed by atoms with van der Waals surface area (Å²) in [5, 5.41) is 0. The number of nitrogen functional groups attached to an aromatic ring is 1. The van der Waals surface area contributed by atoms with Crippen LogP contribution in [0.25, 0.3) is 0 Å². The number of benzene rings is 1. The van der Waals surface area contributed by atoms with Gasteiger partial charge in [0.25, 0.3) is 0 Å². The maximum Gasteiger partial charge on any atom is 0.246 e. The second kappa shape index (κ2) is 5.53. The average molecular weight is 318 g/mol. The average Bonchev–Trinajstić information content (AvgIpc) is 2.37. The summed E-state index contributed by atoms with van der Waals surface area (Å²) in [5.74, 6) is -2.31. The van der Waals surface area contributed by atoms with Crippen molar-refractivity contribution in [3.05, 3.63) is 23.8 Å². The number of piperidine rings is 1. The third-order valence-electron chi connectivity index (χ3n) is 4.15. The second-order valence-electron chi connectivity index (χ2n) is 5.95. The first-order valence-corrected chi connectivity index (χ1v) is 8.35. The Morgan fingerprint density at radius 3 is 2.48 bits per heavy atom. The van der Waals surface area contributed by atoms with Crippen molar-refractivity contribution in [2.45, 2.75) is 38.1 Å². The van der Waals surface area contributed by atoms with Crippen molar-refractivity contribution in [3.63, 3.8) is 0 Å². The van der Waals surface area contributed by atoms with E-state index < -0.39 is 26.6 Å². The van der Waals surface area contributed by atoms with Gasteiger partial charge in [0.2, 0.25) is 10.0 Å². The molecule has 118 valence electrons. The molecule has 3 atom stereocenters. The Morgan fingerprint density at radius 2 is 1.86 bits per heavy atom. The molecule has 0 bridgehead atoms.